The maximum atomic E-state index is 13.3. The van der Waals surface area contributed by atoms with Crippen molar-refractivity contribution in [3.8, 4) is 5.75 Å². The van der Waals surface area contributed by atoms with Crippen LogP contribution in [-0.4, -0.2) is 38.8 Å². The Morgan fingerprint density at radius 2 is 1.71 bits per heavy atom. The van der Waals surface area contributed by atoms with Gasteiger partial charge < -0.3 is 10.1 Å². The van der Waals surface area contributed by atoms with Crippen LogP contribution in [0.3, 0.4) is 0 Å². The highest BCUT2D eigenvalue weighted by Crippen LogP contribution is 2.26. The molecule has 0 aromatic heterocycles. The first-order valence-electron chi connectivity index (χ1n) is 9.21. The molecule has 0 aliphatic heterocycles. The van der Waals surface area contributed by atoms with Crippen molar-refractivity contribution >= 4 is 21.6 Å². The summed E-state index contributed by atoms with van der Waals surface area (Å²) in [4.78, 5) is 12.9. The molecule has 0 bridgehead atoms. The van der Waals surface area contributed by atoms with Crippen LogP contribution >= 0.6 is 0 Å². The summed E-state index contributed by atoms with van der Waals surface area (Å²) < 4.78 is 33.1. The molecule has 0 radical (unpaired) electrons. The Kier molecular flexibility index (Phi) is 7.21. The second-order valence-corrected chi connectivity index (χ2v) is 8.69. The third-order valence-electron chi connectivity index (χ3n) is 4.38. The van der Waals surface area contributed by atoms with Crippen LogP contribution in [0.15, 0.2) is 41.3 Å². The fraction of sp³-hybridized carbons (Fsp3) is 0.381. The Morgan fingerprint density at radius 1 is 1.11 bits per heavy atom. The summed E-state index contributed by atoms with van der Waals surface area (Å²) in [7, 11) is -2.29. The highest BCUT2D eigenvalue weighted by atomic mass is 32.2. The van der Waals surface area contributed by atoms with E-state index < -0.39 is 15.9 Å². The van der Waals surface area contributed by atoms with Gasteiger partial charge in [-0.05, 0) is 50.5 Å². The van der Waals surface area contributed by atoms with Crippen LogP contribution in [0.4, 0.5) is 5.69 Å². The molecule has 28 heavy (non-hydrogen) atoms. The summed E-state index contributed by atoms with van der Waals surface area (Å²) in [5.74, 6) is 0.106. The maximum Gasteiger partial charge on any atom is 0.244 e. The van der Waals surface area contributed by atoms with Crippen LogP contribution < -0.4 is 10.1 Å². The Labute approximate surface area is 167 Å². The van der Waals surface area contributed by atoms with E-state index >= 15 is 0 Å². The molecule has 2 rings (SSSR count). The summed E-state index contributed by atoms with van der Waals surface area (Å²) in [6.07, 6.45) is 0.602. The number of benzene rings is 2. The lowest BCUT2D eigenvalue weighted by molar-refractivity contribution is -0.116. The van der Waals surface area contributed by atoms with Crippen molar-refractivity contribution in [2.45, 2.75) is 39.0 Å². The van der Waals surface area contributed by atoms with Crippen LogP contribution in [-0.2, 0) is 14.8 Å². The minimum absolute atomic E-state index is 0.258. The summed E-state index contributed by atoms with van der Waals surface area (Å²) >= 11 is 0. The first-order valence-corrected chi connectivity index (χ1v) is 10.7. The molecule has 0 aliphatic rings. The topological polar surface area (TPSA) is 75.7 Å². The predicted octanol–water partition coefficient (Wildman–Crippen LogP) is 3.66. The summed E-state index contributed by atoms with van der Waals surface area (Å²) in [6.45, 7) is 7.38. The van der Waals surface area contributed by atoms with Crippen molar-refractivity contribution in [2.24, 2.45) is 0 Å². The molecule has 2 aromatic rings. The third kappa shape index (κ3) is 4.91. The SMILES string of the molecule is CCCN(CC(=O)Nc1ccccc1OC)S(=O)(=O)c1c(C)cc(C)cc1C. The lowest BCUT2D eigenvalue weighted by atomic mass is 10.1. The standard InChI is InChI=1S/C21H28N2O4S/c1-6-11-23(14-20(24)22-18-9-7-8-10-19(18)27-5)28(25,26)21-16(3)12-15(2)13-17(21)4/h7-10,12-13H,6,11,14H2,1-5H3,(H,22,24). The number of amides is 1. The van der Waals surface area contributed by atoms with Gasteiger partial charge in [-0.25, -0.2) is 8.42 Å². The largest absolute Gasteiger partial charge is 0.495 e. The van der Waals surface area contributed by atoms with Gasteiger partial charge in [-0.15, -0.1) is 0 Å². The number of ether oxygens (including phenoxy) is 1. The number of sulfonamides is 1. The van der Waals surface area contributed by atoms with Gasteiger partial charge in [-0.2, -0.15) is 4.31 Å². The predicted molar refractivity (Wildman–Crippen MR) is 111 cm³/mol. The molecule has 0 spiro atoms. The summed E-state index contributed by atoms with van der Waals surface area (Å²) in [5, 5.41) is 2.74. The Balaban J connectivity index is 2.31. The van der Waals surface area contributed by atoms with Crippen LogP contribution in [0.1, 0.15) is 30.0 Å². The number of carbonyl (C=O) groups excluding carboxylic acids is 1. The van der Waals surface area contributed by atoms with E-state index in [1.54, 1.807) is 38.1 Å². The van der Waals surface area contributed by atoms with Crippen molar-refractivity contribution in [2.75, 3.05) is 25.5 Å². The average Bonchev–Trinajstić information content (AvgIpc) is 2.60. The van der Waals surface area contributed by atoms with Crippen LogP contribution in [0.2, 0.25) is 0 Å². The van der Waals surface area contributed by atoms with Crippen LogP contribution in [0.25, 0.3) is 0 Å². The van der Waals surface area contributed by atoms with Crippen LogP contribution in [0.5, 0.6) is 5.75 Å². The number of methoxy groups -OCH3 is 1. The number of para-hydroxylation sites is 2. The van der Waals surface area contributed by atoms with Gasteiger partial charge in [-0.3, -0.25) is 4.79 Å². The molecule has 6 nitrogen and oxygen atoms in total. The zero-order valence-electron chi connectivity index (χ0n) is 17.1. The minimum atomic E-state index is -3.80. The molecule has 0 atom stereocenters. The molecule has 0 saturated carbocycles. The van der Waals surface area contributed by atoms with E-state index in [1.807, 2.05) is 26.0 Å². The van der Waals surface area contributed by atoms with E-state index in [-0.39, 0.29) is 18.0 Å². The smallest absolute Gasteiger partial charge is 0.244 e. The number of aryl methyl sites for hydroxylation is 3. The average molecular weight is 405 g/mol. The fourth-order valence-electron chi connectivity index (χ4n) is 3.33. The number of anilines is 1. The lowest BCUT2D eigenvalue weighted by Crippen LogP contribution is -2.39. The highest BCUT2D eigenvalue weighted by Gasteiger charge is 2.29. The van der Waals surface area contributed by atoms with Gasteiger partial charge in [0.25, 0.3) is 0 Å². The number of carbonyl (C=O) groups is 1. The molecule has 1 amide bonds. The molecule has 0 fully saturated rings. The normalized spacial score (nSPS) is 11.5. The van der Waals surface area contributed by atoms with Gasteiger partial charge in [-0.1, -0.05) is 36.8 Å². The Morgan fingerprint density at radius 3 is 2.29 bits per heavy atom. The van der Waals surface area contributed by atoms with Gasteiger partial charge in [0.1, 0.15) is 5.75 Å². The third-order valence-corrected chi connectivity index (χ3v) is 6.53. The quantitative estimate of drug-likeness (QED) is 0.728. The lowest BCUT2D eigenvalue weighted by Gasteiger charge is -2.24. The van der Waals surface area contributed by atoms with Gasteiger partial charge >= 0.3 is 0 Å². The summed E-state index contributed by atoms with van der Waals surface area (Å²) in [5.41, 5.74) is 2.88. The van der Waals surface area contributed by atoms with Crippen molar-refractivity contribution < 1.29 is 17.9 Å². The molecule has 2 aromatic carbocycles. The number of nitrogens with one attached hydrogen (secondary N) is 1. The second kappa shape index (κ2) is 9.21. The zero-order chi connectivity index (χ0) is 20.9. The maximum absolute atomic E-state index is 13.3. The van der Waals surface area contributed by atoms with Gasteiger partial charge in [0.05, 0.1) is 24.2 Å². The molecule has 7 heteroatoms. The number of hydrogen-bond acceptors (Lipinski definition) is 4. The molecular weight excluding hydrogens is 376 g/mol. The molecule has 0 unspecified atom stereocenters. The van der Waals surface area contributed by atoms with Crippen molar-refractivity contribution in [3.05, 3.63) is 53.1 Å². The van der Waals surface area contributed by atoms with E-state index in [1.165, 1.54) is 11.4 Å². The molecule has 0 saturated heterocycles. The van der Waals surface area contributed by atoms with E-state index in [0.717, 1.165) is 5.56 Å². The van der Waals surface area contributed by atoms with Gasteiger partial charge in [0, 0.05) is 6.54 Å². The molecule has 0 heterocycles. The number of hydrogen-bond donors (Lipinski definition) is 1. The zero-order valence-corrected chi connectivity index (χ0v) is 17.9. The van der Waals surface area contributed by atoms with Crippen molar-refractivity contribution in [1.29, 1.82) is 0 Å². The monoisotopic (exact) mass is 404 g/mol. The first-order chi connectivity index (χ1) is 13.2. The van der Waals surface area contributed by atoms with E-state index in [0.29, 0.717) is 29.0 Å². The van der Waals surface area contributed by atoms with E-state index in [2.05, 4.69) is 5.32 Å². The minimum Gasteiger partial charge on any atom is -0.495 e. The van der Waals surface area contributed by atoms with Gasteiger partial charge in [0.2, 0.25) is 15.9 Å². The Hall–Kier alpha value is -2.38. The molecule has 1 N–H and O–H groups in total. The Bertz CT molecular complexity index is 932. The second-order valence-electron chi connectivity index (χ2n) is 6.81. The van der Waals surface area contributed by atoms with Crippen molar-refractivity contribution in [3.63, 3.8) is 0 Å². The molecule has 152 valence electrons. The first kappa shape index (κ1) is 21.9. The summed E-state index contributed by atoms with van der Waals surface area (Å²) in [6, 6.07) is 10.7. The van der Waals surface area contributed by atoms with E-state index in [9.17, 15) is 13.2 Å². The molecular formula is C21H28N2O4S. The highest BCUT2D eigenvalue weighted by molar-refractivity contribution is 7.89. The van der Waals surface area contributed by atoms with Gasteiger partial charge in [0.15, 0.2) is 0 Å². The number of nitrogens with zero attached hydrogens (tertiary/aromatic N) is 1. The van der Waals surface area contributed by atoms with E-state index in [4.69, 9.17) is 4.74 Å². The van der Waals surface area contributed by atoms with Crippen molar-refractivity contribution in [1.82, 2.24) is 4.31 Å². The number of rotatable bonds is 8. The molecule has 0 aliphatic carbocycles. The fourth-order valence-corrected chi connectivity index (χ4v) is 5.23. The van der Waals surface area contributed by atoms with Crippen LogP contribution in [0, 0.1) is 20.8 Å².